The largest absolute Gasteiger partial charge is 0.495 e. The highest BCUT2D eigenvalue weighted by Crippen LogP contribution is 2.54. The maximum Gasteiger partial charge on any atom is 0.317 e. The summed E-state index contributed by atoms with van der Waals surface area (Å²) in [4.78, 5) is 17.9. The van der Waals surface area contributed by atoms with Crippen molar-refractivity contribution in [3.63, 3.8) is 0 Å². The van der Waals surface area contributed by atoms with Crippen molar-refractivity contribution in [3.8, 4) is 5.75 Å². The van der Waals surface area contributed by atoms with E-state index in [4.69, 9.17) is 26.4 Å². The quantitative estimate of drug-likeness (QED) is 0.465. The third-order valence-corrected chi connectivity index (χ3v) is 9.40. The molecular formula is C27H31ClFN3O3S. The number of imidazole rings is 1. The van der Waals surface area contributed by atoms with Crippen molar-refractivity contribution >= 4 is 29.3 Å². The highest BCUT2D eigenvalue weighted by atomic mass is 35.5. The van der Waals surface area contributed by atoms with Crippen LogP contribution in [-0.4, -0.2) is 58.0 Å². The third kappa shape index (κ3) is 4.59. The fourth-order valence-electron chi connectivity index (χ4n) is 5.93. The first-order valence-electron chi connectivity index (χ1n) is 12.3. The van der Waals surface area contributed by atoms with E-state index < -0.39 is 11.5 Å². The van der Waals surface area contributed by atoms with E-state index in [0.717, 1.165) is 54.5 Å². The molecule has 1 saturated heterocycles. The molecule has 1 N–H and O–H groups in total. The Kier molecular flexibility index (Phi) is 6.96. The number of likely N-dealkylation sites (tertiary alicyclic amines) is 1. The summed E-state index contributed by atoms with van der Waals surface area (Å²) in [6, 6.07) is 5.91. The lowest BCUT2D eigenvalue weighted by molar-refractivity contribution is -0.138. The Hall–Kier alpha value is -2.29. The molecule has 2 aliphatic heterocycles. The van der Waals surface area contributed by atoms with Crippen LogP contribution in [0.3, 0.4) is 0 Å². The third-order valence-electron chi connectivity index (χ3n) is 7.91. The second-order valence-corrected chi connectivity index (χ2v) is 11.7. The predicted octanol–water partition coefficient (Wildman–Crippen LogP) is 5.65. The lowest BCUT2D eigenvalue weighted by atomic mass is 9.73. The number of hydrogen-bond donors (Lipinski definition) is 1. The molecule has 3 aliphatic rings. The van der Waals surface area contributed by atoms with E-state index >= 15 is 0 Å². The Morgan fingerprint density at radius 1 is 1.36 bits per heavy atom. The Balaban J connectivity index is 1.42. The normalized spacial score (nSPS) is 26.3. The zero-order chi connectivity index (χ0) is 25.5. The number of nitrogens with zero attached hydrogens (tertiary/aromatic N) is 3. The van der Waals surface area contributed by atoms with Gasteiger partial charge < -0.3 is 14.4 Å². The maximum absolute atomic E-state index is 14.1. The van der Waals surface area contributed by atoms with E-state index in [0.29, 0.717) is 23.1 Å². The summed E-state index contributed by atoms with van der Waals surface area (Å²) >= 11 is 8.07. The maximum atomic E-state index is 14.1. The van der Waals surface area contributed by atoms with E-state index in [9.17, 15) is 9.18 Å². The van der Waals surface area contributed by atoms with Crippen LogP contribution >= 0.6 is 23.4 Å². The minimum absolute atomic E-state index is 0.112. The smallest absolute Gasteiger partial charge is 0.317 e. The second kappa shape index (κ2) is 9.88. The molecule has 0 amide bonds. The van der Waals surface area contributed by atoms with Gasteiger partial charge in [-0.15, -0.1) is 0 Å². The number of fused-ring (bicyclic) bond motifs is 2. The monoisotopic (exact) mass is 531 g/mol. The number of benzene rings is 1. The summed E-state index contributed by atoms with van der Waals surface area (Å²) in [5, 5.41) is 10.6. The van der Waals surface area contributed by atoms with E-state index in [1.54, 1.807) is 31.0 Å². The van der Waals surface area contributed by atoms with Gasteiger partial charge in [0.25, 0.3) is 0 Å². The number of rotatable bonds is 7. The van der Waals surface area contributed by atoms with Gasteiger partial charge >= 0.3 is 5.97 Å². The number of thioether (sulfide) groups is 1. The number of carboxylic acid groups (broad SMARTS) is 1. The molecule has 1 fully saturated rings. The Labute approximate surface area is 220 Å². The van der Waals surface area contributed by atoms with Crippen LogP contribution in [0.1, 0.15) is 43.9 Å². The Morgan fingerprint density at radius 2 is 2.14 bits per heavy atom. The van der Waals surface area contributed by atoms with Crippen molar-refractivity contribution in [2.75, 3.05) is 32.5 Å². The van der Waals surface area contributed by atoms with Crippen molar-refractivity contribution < 1.29 is 19.0 Å². The van der Waals surface area contributed by atoms with Crippen LogP contribution in [0.25, 0.3) is 0 Å². The number of halogens is 2. The van der Waals surface area contributed by atoms with Gasteiger partial charge in [0.15, 0.2) is 5.16 Å². The van der Waals surface area contributed by atoms with E-state index in [2.05, 4.69) is 11.5 Å². The molecule has 2 aromatic rings. The fraction of sp³-hybridized carbons (Fsp3) is 0.481. The number of aliphatic carboxylic acids is 1. The Bertz CT molecular complexity index is 1220. The number of ether oxygens (including phenoxy) is 1. The SMILES string of the molecule is COc1cc(C2(C)CC3(C=CC(F)=CC3)n3c2cnc3SCC2CCN(CC(=O)O)CC2)ccc1Cl. The van der Waals surface area contributed by atoms with Crippen molar-refractivity contribution in [1.29, 1.82) is 0 Å². The Morgan fingerprint density at radius 3 is 2.81 bits per heavy atom. The zero-order valence-corrected chi connectivity index (χ0v) is 22.1. The van der Waals surface area contributed by atoms with Gasteiger partial charge in [0.05, 0.1) is 30.4 Å². The number of piperidine rings is 1. The van der Waals surface area contributed by atoms with Crippen LogP contribution in [0, 0.1) is 5.92 Å². The molecule has 2 atom stereocenters. The molecule has 2 unspecified atom stereocenters. The van der Waals surface area contributed by atoms with Gasteiger partial charge in [-0.25, -0.2) is 9.37 Å². The molecular weight excluding hydrogens is 501 g/mol. The van der Waals surface area contributed by atoms with Crippen LogP contribution in [-0.2, 0) is 15.7 Å². The molecule has 1 aliphatic carbocycles. The average molecular weight is 532 g/mol. The number of carbonyl (C=O) groups is 1. The van der Waals surface area contributed by atoms with Gasteiger partial charge in [-0.3, -0.25) is 9.69 Å². The molecule has 1 aromatic heterocycles. The summed E-state index contributed by atoms with van der Waals surface area (Å²) in [5.74, 6) is 1.10. The number of allylic oxidation sites excluding steroid dienone is 4. The molecule has 1 aromatic carbocycles. The highest BCUT2D eigenvalue weighted by Gasteiger charge is 2.51. The van der Waals surface area contributed by atoms with Crippen molar-refractivity contribution in [2.24, 2.45) is 5.92 Å². The molecule has 5 rings (SSSR count). The second-order valence-electron chi connectivity index (χ2n) is 10.3. The van der Waals surface area contributed by atoms with Crippen molar-refractivity contribution in [1.82, 2.24) is 14.5 Å². The van der Waals surface area contributed by atoms with Crippen LogP contribution in [0.5, 0.6) is 5.75 Å². The number of aromatic nitrogens is 2. The van der Waals surface area contributed by atoms with Gasteiger partial charge in [0, 0.05) is 16.9 Å². The minimum atomic E-state index is -0.770. The first-order valence-corrected chi connectivity index (χ1v) is 13.6. The first-order chi connectivity index (χ1) is 17.2. The number of hydrogen-bond acceptors (Lipinski definition) is 5. The van der Waals surface area contributed by atoms with Crippen LogP contribution in [0.4, 0.5) is 4.39 Å². The lowest BCUT2D eigenvalue weighted by Gasteiger charge is -2.33. The van der Waals surface area contributed by atoms with Gasteiger partial charge in [-0.05, 0) is 81.5 Å². The molecule has 1 spiro atoms. The summed E-state index contributed by atoms with van der Waals surface area (Å²) in [6.07, 6.45) is 10.5. The standard InChI is InChI=1S/C27H31ClFN3O3S/c1-26(19-3-4-21(28)22(13-19)35-2)17-27(9-5-20(29)6-10-27)32-23(26)14-30-25(32)36-16-18-7-11-31(12-8-18)15-24(33)34/h3-6,9,13-14,18H,7-8,10-12,15-17H2,1-2H3,(H,33,34). The number of methoxy groups -OCH3 is 1. The molecule has 192 valence electrons. The van der Waals surface area contributed by atoms with Crippen molar-refractivity contribution in [3.05, 3.63) is 64.7 Å². The molecule has 6 nitrogen and oxygen atoms in total. The van der Waals surface area contributed by atoms with Gasteiger partial charge in [0.2, 0.25) is 0 Å². The van der Waals surface area contributed by atoms with E-state index in [1.807, 2.05) is 35.4 Å². The average Bonchev–Trinajstić information content (AvgIpc) is 3.40. The molecule has 9 heteroatoms. The molecule has 36 heavy (non-hydrogen) atoms. The highest BCUT2D eigenvalue weighted by molar-refractivity contribution is 7.99. The van der Waals surface area contributed by atoms with E-state index in [-0.39, 0.29) is 17.8 Å². The minimum Gasteiger partial charge on any atom is -0.495 e. The van der Waals surface area contributed by atoms with E-state index in [1.165, 1.54) is 0 Å². The van der Waals surface area contributed by atoms with Crippen LogP contribution in [0.2, 0.25) is 5.02 Å². The van der Waals surface area contributed by atoms with Gasteiger partial charge in [0.1, 0.15) is 11.6 Å². The predicted molar refractivity (Wildman–Crippen MR) is 140 cm³/mol. The molecule has 0 radical (unpaired) electrons. The molecule has 0 bridgehead atoms. The first kappa shape index (κ1) is 25.4. The zero-order valence-electron chi connectivity index (χ0n) is 20.5. The topological polar surface area (TPSA) is 67.6 Å². The molecule has 0 saturated carbocycles. The summed E-state index contributed by atoms with van der Waals surface area (Å²) in [6.45, 7) is 3.95. The molecule has 3 heterocycles. The lowest BCUT2D eigenvalue weighted by Crippen LogP contribution is -2.37. The van der Waals surface area contributed by atoms with Gasteiger partial charge in [-0.2, -0.15) is 0 Å². The summed E-state index contributed by atoms with van der Waals surface area (Å²) in [7, 11) is 1.62. The van der Waals surface area contributed by atoms with Gasteiger partial charge in [-0.1, -0.05) is 35.5 Å². The van der Waals surface area contributed by atoms with Crippen molar-refractivity contribution in [2.45, 2.75) is 48.7 Å². The van der Waals surface area contributed by atoms with Crippen LogP contribution < -0.4 is 4.74 Å². The summed E-state index contributed by atoms with van der Waals surface area (Å²) in [5.41, 5.74) is 1.45. The number of carboxylic acids is 1. The van der Waals surface area contributed by atoms with Crippen LogP contribution in [0.15, 0.2) is 53.6 Å². The fourth-order valence-corrected chi connectivity index (χ4v) is 7.38. The summed E-state index contributed by atoms with van der Waals surface area (Å²) < 4.78 is 21.9.